The third-order valence-electron chi connectivity index (χ3n) is 4.77. The summed E-state index contributed by atoms with van der Waals surface area (Å²) in [7, 11) is 1.92. The lowest BCUT2D eigenvalue weighted by molar-refractivity contribution is -0.141. The number of hydrogen-bond donors (Lipinski definition) is 1. The smallest absolute Gasteiger partial charge is 0.325 e. The van der Waals surface area contributed by atoms with Gasteiger partial charge >= 0.3 is 12.0 Å². The van der Waals surface area contributed by atoms with Crippen LogP contribution in [0, 0.1) is 0 Å². The fourth-order valence-electron chi connectivity index (χ4n) is 3.02. The van der Waals surface area contributed by atoms with Gasteiger partial charge in [0.25, 0.3) is 0 Å². The average molecular weight is 433 g/mol. The van der Waals surface area contributed by atoms with Gasteiger partial charge in [-0.2, -0.15) is 0 Å². The molecule has 0 spiro atoms. The van der Waals surface area contributed by atoms with E-state index < -0.39 is 12.0 Å². The van der Waals surface area contributed by atoms with E-state index >= 15 is 0 Å². The molecule has 2 aromatic rings. The van der Waals surface area contributed by atoms with Gasteiger partial charge in [-0.1, -0.05) is 13.3 Å². The fraction of sp³-hybridized carbons (Fsp3) is 0.500. The SMILES string of the molecule is CCCCN(CC(=O)N(Cc1ccco1)Cc1cccn1C)C(=O)NCC(=O)OCC. The first-order valence-electron chi connectivity index (χ1n) is 10.5. The van der Waals surface area contributed by atoms with Gasteiger partial charge in [-0.15, -0.1) is 0 Å². The van der Waals surface area contributed by atoms with E-state index in [1.165, 1.54) is 4.90 Å². The zero-order valence-corrected chi connectivity index (χ0v) is 18.5. The molecule has 9 heteroatoms. The molecule has 0 aliphatic rings. The van der Waals surface area contributed by atoms with Crippen molar-refractivity contribution in [3.63, 3.8) is 0 Å². The molecule has 31 heavy (non-hydrogen) atoms. The highest BCUT2D eigenvalue weighted by molar-refractivity contribution is 5.86. The Morgan fingerprint density at radius 3 is 2.55 bits per heavy atom. The number of rotatable bonds is 12. The van der Waals surface area contributed by atoms with Crippen molar-refractivity contribution in [1.82, 2.24) is 19.7 Å². The van der Waals surface area contributed by atoms with Crippen LogP contribution < -0.4 is 5.32 Å². The summed E-state index contributed by atoms with van der Waals surface area (Å²) in [5, 5.41) is 2.54. The molecule has 2 aromatic heterocycles. The van der Waals surface area contributed by atoms with Crippen LogP contribution in [0.4, 0.5) is 4.79 Å². The number of carbonyl (C=O) groups is 3. The number of nitrogens with one attached hydrogen (secondary N) is 1. The monoisotopic (exact) mass is 432 g/mol. The van der Waals surface area contributed by atoms with Gasteiger partial charge in [-0.25, -0.2) is 4.79 Å². The van der Waals surface area contributed by atoms with Crippen LogP contribution in [0.2, 0.25) is 0 Å². The fourth-order valence-corrected chi connectivity index (χ4v) is 3.02. The predicted octanol–water partition coefficient (Wildman–Crippen LogP) is 2.52. The number of urea groups is 1. The summed E-state index contributed by atoms with van der Waals surface area (Å²) < 4.78 is 12.2. The van der Waals surface area contributed by atoms with Crippen LogP contribution in [0.3, 0.4) is 0 Å². The Bertz CT molecular complexity index is 831. The van der Waals surface area contributed by atoms with Crippen LogP contribution in [-0.2, 0) is 34.5 Å². The molecule has 0 fully saturated rings. The minimum absolute atomic E-state index is 0.0974. The van der Waals surface area contributed by atoms with Crippen molar-refractivity contribution in [3.05, 3.63) is 48.2 Å². The van der Waals surface area contributed by atoms with Gasteiger partial charge in [0.15, 0.2) is 0 Å². The number of hydrogen-bond acceptors (Lipinski definition) is 5. The molecule has 0 saturated heterocycles. The second kappa shape index (κ2) is 12.5. The van der Waals surface area contributed by atoms with Crippen molar-refractivity contribution >= 4 is 17.9 Å². The molecular weight excluding hydrogens is 400 g/mol. The Kier molecular flexibility index (Phi) is 9.67. The number of esters is 1. The summed E-state index contributed by atoms with van der Waals surface area (Å²) in [6, 6.07) is 6.99. The van der Waals surface area contributed by atoms with Crippen molar-refractivity contribution in [2.75, 3.05) is 26.2 Å². The lowest BCUT2D eigenvalue weighted by Crippen LogP contribution is -2.48. The molecule has 0 bridgehead atoms. The van der Waals surface area contributed by atoms with Gasteiger partial charge in [-0.3, -0.25) is 9.59 Å². The second-order valence-electron chi connectivity index (χ2n) is 7.18. The summed E-state index contributed by atoms with van der Waals surface area (Å²) >= 11 is 0. The van der Waals surface area contributed by atoms with Crippen LogP contribution in [0.15, 0.2) is 41.1 Å². The first-order valence-corrected chi connectivity index (χ1v) is 10.5. The number of ether oxygens (including phenoxy) is 1. The minimum Gasteiger partial charge on any atom is -0.467 e. The first-order chi connectivity index (χ1) is 14.9. The molecule has 3 amide bonds. The van der Waals surface area contributed by atoms with Crippen LogP contribution in [0.5, 0.6) is 0 Å². The second-order valence-corrected chi connectivity index (χ2v) is 7.18. The Morgan fingerprint density at radius 1 is 1.13 bits per heavy atom. The van der Waals surface area contributed by atoms with Crippen molar-refractivity contribution in [2.24, 2.45) is 7.05 Å². The number of carbonyl (C=O) groups excluding carboxylic acids is 3. The maximum atomic E-state index is 13.2. The van der Waals surface area contributed by atoms with E-state index in [-0.39, 0.29) is 25.6 Å². The molecule has 0 aliphatic carbocycles. The number of furan rings is 1. The molecule has 0 aromatic carbocycles. The predicted molar refractivity (Wildman–Crippen MR) is 115 cm³/mol. The normalized spacial score (nSPS) is 10.5. The molecule has 2 rings (SSSR count). The number of unbranched alkanes of at least 4 members (excludes halogenated alkanes) is 1. The third-order valence-corrected chi connectivity index (χ3v) is 4.77. The van der Waals surface area contributed by atoms with Crippen LogP contribution in [-0.4, -0.2) is 58.5 Å². The standard InChI is InChI=1S/C22H32N4O5/c1-4-6-12-25(22(29)23-14-21(28)30-5-2)17-20(27)26(16-19-10-8-13-31-19)15-18-9-7-11-24(18)3/h7-11,13H,4-6,12,14-17H2,1-3H3,(H,23,29). The summed E-state index contributed by atoms with van der Waals surface area (Å²) in [5.74, 6) is -0.0600. The highest BCUT2D eigenvalue weighted by atomic mass is 16.5. The van der Waals surface area contributed by atoms with Gasteiger partial charge in [0, 0.05) is 25.5 Å². The van der Waals surface area contributed by atoms with E-state index in [1.807, 2.05) is 42.9 Å². The Labute approximate surface area is 182 Å². The number of amides is 3. The van der Waals surface area contributed by atoms with Crippen molar-refractivity contribution in [2.45, 2.75) is 39.8 Å². The summed E-state index contributed by atoms with van der Waals surface area (Å²) in [6.07, 6.45) is 5.10. The van der Waals surface area contributed by atoms with E-state index in [1.54, 1.807) is 24.2 Å². The van der Waals surface area contributed by atoms with Crippen LogP contribution in [0.1, 0.15) is 38.1 Å². The summed E-state index contributed by atoms with van der Waals surface area (Å²) in [6.45, 7) is 4.71. The van der Waals surface area contributed by atoms with Crippen molar-refractivity contribution in [1.29, 1.82) is 0 Å². The van der Waals surface area contributed by atoms with Gasteiger partial charge in [0.1, 0.15) is 18.8 Å². The maximum absolute atomic E-state index is 13.2. The van der Waals surface area contributed by atoms with E-state index in [2.05, 4.69) is 5.32 Å². The third kappa shape index (κ3) is 7.84. The Hall–Kier alpha value is -3.23. The number of aryl methyl sites for hydroxylation is 1. The molecule has 0 unspecified atom stereocenters. The molecule has 0 saturated carbocycles. The van der Waals surface area contributed by atoms with Crippen molar-refractivity contribution < 1.29 is 23.5 Å². The van der Waals surface area contributed by atoms with E-state index in [0.29, 0.717) is 25.4 Å². The van der Waals surface area contributed by atoms with Gasteiger partial charge < -0.3 is 28.8 Å². The van der Waals surface area contributed by atoms with Crippen molar-refractivity contribution in [3.8, 4) is 0 Å². The lowest BCUT2D eigenvalue weighted by atomic mass is 10.3. The Balaban J connectivity index is 2.08. The van der Waals surface area contributed by atoms with Crippen LogP contribution >= 0.6 is 0 Å². The van der Waals surface area contributed by atoms with E-state index in [4.69, 9.17) is 9.15 Å². The lowest BCUT2D eigenvalue weighted by Gasteiger charge is -2.27. The molecule has 2 heterocycles. The molecule has 0 aliphatic heterocycles. The zero-order chi connectivity index (χ0) is 22.6. The molecular formula is C22H32N4O5. The molecule has 0 atom stereocenters. The molecule has 1 N–H and O–H groups in total. The molecule has 0 radical (unpaired) electrons. The first kappa shape index (κ1) is 24.0. The highest BCUT2D eigenvalue weighted by Gasteiger charge is 2.23. The quantitative estimate of drug-likeness (QED) is 0.520. The van der Waals surface area contributed by atoms with Gasteiger partial charge in [-0.05, 0) is 37.6 Å². The molecule has 9 nitrogen and oxygen atoms in total. The minimum atomic E-state index is -0.513. The highest BCUT2D eigenvalue weighted by Crippen LogP contribution is 2.12. The van der Waals surface area contributed by atoms with Gasteiger partial charge in [0.05, 0.1) is 26.0 Å². The largest absolute Gasteiger partial charge is 0.467 e. The van der Waals surface area contributed by atoms with Crippen LogP contribution in [0.25, 0.3) is 0 Å². The zero-order valence-electron chi connectivity index (χ0n) is 18.5. The maximum Gasteiger partial charge on any atom is 0.325 e. The molecule has 170 valence electrons. The number of aromatic nitrogens is 1. The van der Waals surface area contributed by atoms with E-state index in [9.17, 15) is 14.4 Å². The Morgan fingerprint density at radius 2 is 1.94 bits per heavy atom. The van der Waals surface area contributed by atoms with E-state index in [0.717, 1.165) is 18.5 Å². The van der Waals surface area contributed by atoms with Gasteiger partial charge in [0.2, 0.25) is 5.91 Å². The average Bonchev–Trinajstić information content (AvgIpc) is 3.40. The summed E-state index contributed by atoms with van der Waals surface area (Å²) in [5.41, 5.74) is 0.965. The summed E-state index contributed by atoms with van der Waals surface area (Å²) in [4.78, 5) is 40.5. The topological polar surface area (TPSA) is 97.0 Å². The number of nitrogens with zero attached hydrogens (tertiary/aromatic N) is 3.